The summed E-state index contributed by atoms with van der Waals surface area (Å²) in [6, 6.07) is 0.379. The van der Waals surface area contributed by atoms with Gasteiger partial charge in [-0.3, -0.25) is 0 Å². The van der Waals surface area contributed by atoms with E-state index >= 15 is 0 Å². The third-order valence-corrected chi connectivity index (χ3v) is 5.09. The lowest BCUT2D eigenvalue weighted by Gasteiger charge is -2.27. The number of hydrogen-bond donors (Lipinski definition) is 2. The smallest absolute Gasteiger partial charge is 0.212 e. The van der Waals surface area contributed by atoms with Crippen molar-refractivity contribution in [3.05, 3.63) is 0 Å². The van der Waals surface area contributed by atoms with E-state index in [4.69, 9.17) is 0 Å². The highest BCUT2D eigenvalue weighted by molar-refractivity contribution is 7.89. The first-order valence-corrected chi connectivity index (χ1v) is 8.75. The van der Waals surface area contributed by atoms with Crippen LogP contribution in [0.5, 0.6) is 0 Å². The molecule has 0 bridgehead atoms. The number of piperidine rings is 1. The predicted octanol–water partition coefficient (Wildman–Crippen LogP) is 2.02. The van der Waals surface area contributed by atoms with Crippen molar-refractivity contribution in [1.82, 2.24) is 10.0 Å². The lowest BCUT2D eigenvalue weighted by Crippen LogP contribution is -2.45. The molecular formula is C13H28N2O2S. The largest absolute Gasteiger partial charge is 0.314 e. The van der Waals surface area contributed by atoms with Crippen molar-refractivity contribution < 1.29 is 8.42 Å². The Labute approximate surface area is 112 Å². The van der Waals surface area contributed by atoms with Gasteiger partial charge in [0.05, 0.1) is 5.75 Å². The molecule has 1 aliphatic heterocycles. The van der Waals surface area contributed by atoms with E-state index in [2.05, 4.69) is 17.0 Å². The van der Waals surface area contributed by atoms with Crippen LogP contribution in [-0.2, 0) is 10.0 Å². The minimum atomic E-state index is -3.15. The zero-order valence-corrected chi connectivity index (χ0v) is 12.8. The molecule has 0 aromatic rings. The fourth-order valence-electron chi connectivity index (χ4n) is 2.62. The monoisotopic (exact) mass is 276 g/mol. The van der Waals surface area contributed by atoms with E-state index in [9.17, 15) is 8.42 Å². The first kappa shape index (κ1) is 15.9. The molecule has 1 fully saturated rings. The van der Waals surface area contributed by atoms with E-state index in [-0.39, 0.29) is 11.3 Å². The van der Waals surface area contributed by atoms with Crippen LogP contribution >= 0.6 is 0 Å². The van der Waals surface area contributed by atoms with Crippen LogP contribution < -0.4 is 10.0 Å². The summed E-state index contributed by atoms with van der Waals surface area (Å²) in [6.45, 7) is 7.00. The van der Waals surface area contributed by atoms with Gasteiger partial charge in [0.25, 0.3) is 0 Å². The first-order valence-electron chi connectivity index (χ1n) is 7.10. The fraction of sp³-hybridized carbons (Fsp3) is 1.00. The van der Waals surface area contributed by atoms with Gasteiger partial charge in [0.2, 0.25) is 10.0 Å². The summed E-state index contributed by atoms with van der Waals surface area (Å²) < 4.78 is 26.9. The molecule has 1 heterocycles. The molecular weight excluding hydrogens is 248 g/mol. The van der Waals surface area contributed by atoms with Gasteiger partial charge in [-0.1, -0.05) is 19.8 Å². The molecule has 1 atom stereocenters. The molecule has 18 heavy (non-hydrogen) atoms. The molecule has 4 nitrogen and oxygen atoms in total. The SMILES string of the molecule is CCCC(C)(C)NS(=O)(=O)CCC1CCCCN1. The van der Waals surface area contributed by atoms with E-state index < -0.39 is 10.0 Å². The van der Waals surface area contributed by atoms with Gasteiger partial charge in [-0.2, -0.15) is 0 Å². The van der Waals surface area contributed by atoms with E-state index in [1.807, 2.05) is 13.8 Å². The van der Waals surface area contributed by atoms with Crippen LogP contribution in [0.15, 0.2) is 0 Å². The molecule has 2 N–H and O–H groups in total. The van der Waals surface area contributed by atoms with Gasteiger partial charge in [0.1, 0.15) is 0 Å². The molecule has 108 valence electrons. The van der Waals surface area contributed by atoms with Crippen molar-refractivity contribution in [3.8, 4) is 0 Å². The van der Waals surface area contributed by atoms with Gasteiger partial charge >= 0.3 is 0 Å². The Bertz CT molecular complexity index is 333. The molecule has 0 saturated carbocycles. The van der Waals surface area contributed by atoms with Gasteiger partial charge in [-0.15, -0.1) is 0 Å². The van der Waals surface area contributed by atoms with E-state index in [1.165, 1.54) is 12.8 Å². The maximum Gasteiger partial charge on any atom is 0.212 e. The third-order valence-electron chi connectivity index (χ3n) is 3.45. The zero-order chi connectivity index (χ0) is 13.6. The molecule has 0 aliphatic carbocycles. The highest BCUT2D eigenvalue weighted by Gasteiger charge is 2.24. The number of sulfonamides is 1. The summed E-state index contributed by atoms with van der Waals surface area (Å²) in [5.41, 5.74) is -0.326. The van der Waals surface area contributed by atoms with Crippen LogP contribution in [0.4, 0.5) is 0 Å². The normalized spacial score (nSPS) is 22.1. The zero-order valence-electron chi connectivity index (χ0n) is 12.0. The van der Waals surface area contributed by atoms with Crippen molar-refractivity contribution in [2.45, 2.75) is 70.9 Å². The second-order valence-corrected chi connectivity index (χ2v) is 7.83. The standard InChI is InChI=1S/C13H28N2O2S/c1-4-9-13(2,3)15-18(16,17)11-8-12-7-5-6-10-14-12/h12,14-15H,4-11H2,1-3H3. The Kier molecular flexibility index (Phi) is 6.08. The molecule has 0 spiro atoms. The molecule has 1 saturated heterocycles. The van der Waals surface area contributed by atoms with E-state index in [0.29, 0.717) is 6.04 Å². The van der Waals surface area contributed by atoms with Gasteiger partial charge < -0.3 is 5.32 Å². The molecule has 1 unspecified atom stereocenters. The Balaban J connectivity index is 2.39. The summed E-state index contributed by atoms with van der Waals surface area (Å²) in [6.07, 6.45) is 6.11. The fourth-order valence-corrected chi connectivity index (χ4v) is 4.26. The summed E-state index contributed by atoms with van der Waals surface area (Å²) in [7, 11) is -3.15. The Hall–Kier alpha value is -0.130. The average Bonchev–Trinajstić information content (AvgIpc) is 2.26. The molecule has 0 amide bonds. The molecule has 0 aromatic heterocycles. The van der Waals surface area contributed by atoms with E-state index in [0.717, 1.165) is 32.2 Å². The van der Waals surface area contributed by atoms with Crippen molar-refractivity contribution in [3.63, 3.8) is 0 Å². The van der Waals surface area contributed by atoms with Gasteiger partial charge in [-0.05, 0) is 46.1 Å². The minimum Gasteiger partial charge on any atom is -0.314 e. The Morgan fingerprint density at radius 3 is 2.61 bits per heavy atom. The summed E-state index contributed by atoms with van der Waals surface area (Å²) in [4.78, 5) is 0. The minimum absolute atomic E-state index is 0.234. The van der Waals surface area contributed by atoms with Gasteiger partial charge in [-0.25, -0.2) is 13.1 Å². The van der Waals surface area contributed by atoms with Crippen LogP contribution in [0.2, 0.25) is 0 Å². The average molecular weight is 276 g/mol. The number of rotatable bonds is 7. The Morgan fingerprint density at radius 1 is 1.33 bits per heavy atom. The number of hydrogen-bond acceptors (Lipinski definition) is 3. The second kappa shape index (κ2) is 6.87. The molecule has 0 aromatic carbocycles. The molecule has 1 rings (SSSR count). The van der Waals surface area contributed by atoms with Crippen LogP contribution in [0.25, 0.3) is 0 Å². The molecule has 5 heteroatoms. The molecule has 0 radical (unpaired) electrons. The van der Waals surface area contributed by atoms with Crippen molar-refractivity contribution in [2.24, 2.45) is 0 Å². The Morgan fingerprint density at radius 2 is 2.06 bits per heavy atom. The third kappa shape index (κ3) is 6.16. The van der Waals surface area contributed by atoms with Crippen molar-refractivity contribution in [2.75, 3.05) is 12.3 Å². The quantitative estimate of drug-likeness (QED) is 0.748. The maximum absolute atomic E-state index is 12.0. The van der Waals surface area contributed by atoms with Crippen LogP contribution in [0, 0.1) is 0 Å². The predicted molar refractivity (Wildman–Crippen MR) is 76.2 cm³/mol. The van der Waals surface area contributed by atoms with Crippen LogP contribution in [0.3, 0.4) is 0 Å². The number of nitrogens with one attached hydrogen (secondary N) is 2. The maximum atomic E-state index is 12.0. The van der Waals surface area contributed by atoms with Gasteiger partial charge in [0, 0.05) is 11.6 Å². The highest BCUT2D eigenvalue weighted by Crippen LogP contribution is 2.14. The lowest BCUT2D eigenvalue weighted by atomic mass is 10.0. The summed E-state index contributed by atoms with van der Waals surface area (Å²) in [5.74, 6) is 0.234. The van der Waals surface area contributed by atoms with Crippen LogP contribution in [0.1, 0.15) is 59.3 Å². The highest BCUT2D eigenvalue weighted by atomic mass is 32.2. The van der Waals surface area contributed by atoms with Crippen molar-refractivity contribution in [1.29, 1.82) is 0 Å². The van der Waals surface area contributed by atoms with Crippen LogP contribution in [-0.4, -0.2) is 32.3 Å². The topological polar surface area (TPSA) is 58.2 Å². The molecule has 1 aliphatic rings. The van der Waals surface area contributed by atoms with Crippen molar-refractivity contribution >= 4 is 10.0 Å². The lowest BCUT2D eigenvalue weighted by molar-refractivity contribution is 0.388. The van der Waals surface area contributed by atoms with E-state index in [1.54, 1.807) is 0 Å². The van der Waals surface area contributed by atoms with Gasteiger partial charge in [0.15, 0.2) is 0 Å². The summed E-state index contributed by atoms with van der Waals surface area (Å²) >= 11 is 0. The first-order chi connectivity index (χ1) is 8.35. The second-order valence-electron chi connectivity index (χ2n) is 5.99. The summed E-state index contributed by atoms with van der Waals surface area (Å²) in [5, 5.41) is 3.39.